The van der Waals surface area contributed by atoms with Crippen molar-refractivity contribution in [1.29, 1.82) is 0 Å². The van der Waals surface area contributed by atoms with Gasteiger partial charge in [-0.1, -0.05) is 6.07 Å². The van der Waals surface area contributed by atoms with E-state index in [-0.39, 0.29) is 0 Å². The summed E-state index contributed by atoms with van der Waals surface area (Å²) in [4.78, 5) is 9.19. The Bertz CT molecular complexity index is 712. The maximum Gasteiger partial charge on any atom is 0.257 e. The summed E-state index contributed by atoms with van der Waals surface area (Å²) < 4.78 is 11.5. The van der Waals surface area contributed by atoms with Crippen molar-refractivity contribution in [1.82, 2.24) is 15.3 Å². The van der Waals surface area contributed by atoms with Gasteiger partial charge in [-0.2, -0.15) is 0 Å². The summed E-state index contributed by atoms with van der Waals surface area (Å²) in [7, 11) is 1.67. The summed E-state index contributed by atoms with van der Waals surface area (Å²) in [6, 6.07) is 8.14. The Morgan fingerprint density at radius 1 is 1.15 bits per heavy atom. The first kappa shape index (κ1) is 17.3. The predicted molar refractivity (Wildman–Crippen MR) is 100 cm³/mol. The second-order valence-corrected chi connectivity index (χ2v) is 7.14. The van der Waals surface area contributed by atoms with E-state index >= 15 is 0 Å². The van der Waals surface area contributed by atoms with E-state index in [1.54, 1.807) is 7.11 Å². The van der Waals surface area contributed by atoms with E-state index in [0.29, 0.717) is 23.5 Å². The molecule has 5 heteroatoms. The first-order valence-electron chi connectivity index (χ1n) is 9.51. The molecule has 1 radical (unpaired) electrons. The number of hydrogen-bond donors (Lipinski definition) is 1. The van der Waals surface area contributed by atoms with Gasteiger partial charge < -0.3 is 14.8 Å². The molecule has 1 saturated carbocycles. The van der Waals surface area contributed by atoms with Gasteiger partial charge in [0.15, 0.2) is 5.75 Å². The first-order valence-corrected chi connectivity index (χ1v) is 9.51. The van der Waals surface area contributed by atoms with Crippen LogP contribution in [0.2, 0.25) is 0 Å². The number of nitrogens with zero attached hydrogens (tertiary/aromatic N) is 2. The number of methoxy groups -OCH3 is 1. The highest BCUT2D eigenvalue weighted by molar-refractivity contribution is 5.46. The number of pyridine rings is 2. The van der Waals surface area contributed by atoms with Gasteiger partial charge in [0.2, 0.25) is 0 Å². The standard InChI is InChI=1S/C21H26N3O2/c1-25-19-7-6-18(24-21(19)26-14-15-4-5-15)20(16-8-11-22-12-9-16)17-3-2-10-23-13-17/h2-3,6-7,10,13,15-16,22H,4-5,8-9,11-12,14H2,1H3. The Morgan fingerprint density at radius 3 is 2.69 bits per heavy atom. The monoisotopic (exact) mass is 352 g/mol. The van der Waals surface area contributed by atoms with Crippen molar-refractivity contribution in [2.45, 2.75) is 25.7 Å². The maximum absolute atomic E-state index is 5.99. The third-order valence-corrected chi connectivity index (χ3v) is 5.19. The molecule has 5 nitrogen and oxygen atoms in total. The van der Waals surface area contributed by atoms with Crippen molar-refractivity contribution in [3.63, 3.8) is 0 Å². The highest BCUT2D eigenvalue weighted by Crippen LogP contribution is 2.38. The Balaban J connectivity index is 1.66. The van der Waals surface area contributed by atoms with Crippen LogP contribution in [0.1, 0.15) is 36.9 Å². The fraction of sp³-hybridized carbons (Fsp3) is 0.476. The van der Waals surface area contributed by atoms with E-state index in [0.717, 1.165) is 43.8 Å². The Morgan fingerprint density at radius 2 is 2.00 bits per heavy atom. The van der Waals surface area contributed by atoms with Gasteiger partial charge >= 0.3 is 0 Å². The van der Waals surface area contributed by atoms with Crippen molar-refractivity contribution < 1.29 is 9.47 Å². The van der Waals surface area contributed by atoms with Crippen molar-refractivity contribution in [2.24, 2.45) is 11.8 Å². The van der Waals surface area contributed by atoms with Crippen molar-refractivity contribution in [3.8, 4) is 11.6 Å². The third kappa shape index (κ3) is 3.98. The molecule has 26 heavy (non-hydrogen) atoms. The zero-order valence-electron chi connectivity index (χ0n) is 15.3. The number of ether oxygens (including phenoxy) is 2. The van der Waals surface area contributed by atoms with Gasteiger partial charge in [0.1, 0.15) is 0 Å². The second kappa shape index (κ2) is 8.04. The second-order valence-electron chi connectivity index (χ2n) is 7.14. The van der Waals surface area contributed by atoms with Gasteiger partial charge in [-0.15, -0.1) is 0 Å². The average Bonchev–Trinajstić information content (AvgIpc) is 3.53. The number of hydrogen-bond acceptors (Lipinski definition) is 5. The van der Waals surface area contributed by atoms with E-state index in [1.807, 2.05) is 30.6 Å². The quantitative estimate of drug-likeness (QED) is 0.829. The molecule has 0 unspecified atom stereocenters. The van der Waals surface area contributed by atoms with E-state index in [1.165, 1.54) is 18.8 Å². The Labute approximate surface area is 155 Å². The SMILES string of the molecule is COc1ccc([C](c2cccnc2)C2CCNCC2)nc1OCC1CC1. The fourth-order valence-electron chi connectivity index (χ4n) is 3.54. The number of aromatic nitrogens is 2. The highest BCUT2D eigenvalue weighted by Gasteiger charge is 2.30. The molecule has 137 valence electrons. The summed E-state index contributed by atoms with van der Waals surface area (Å²) in [6.07, 6.45) is 8.48. The molecular weight excluding hydrogens is 326 g/mol. The highest BCUT2D eigenvalue weighted by atomic mass is 16.5. The third-order valence-electron chi connectivity index (χ3n) is 5.19. The fourth-order valence-corrected chi connectivity index (χ4v) is 3.54. The summed E-state index contributed by atoms with van der Waals surface area (Å²) in [5, 5.41) is 3.45. The molecule has 0 bridgehead atoms. The molecule has 2 aromatic heterocycles. The maximum atomic E-state index is 5.99. The molecule has 2 aliphatic rings. The summed E-state index contributed by atoms with van der Waals surface area (Å²) >= 11 is 0. The van der Waals surface area contributed by atoms with E-state index in [2.05, 4.69) is 16.4 Å². The molecule has 0 spiro atoms. The van der Waals surface area contributed by atoms with Crippen LogP contribution in [-0.4, -0.2) is 36.8 Å². The van der Waals surface area contributed by atoms with Crippen molar-refractivity contribution >= 4 is 0 Å². The minimum absolute atomic E-state index is 0.470. The van der Waals surface area contributed by atoms with Crippen LogP contribution >= 0.6 is 0 Å². The van der Waals surface area contributed by atoms with Crippen molar-refractivity contribution in [3.05, 3.63) is 53.8 Å². The van der Waals surface area contributed by atoms with Crippen LogP contribution in [0.15, 0.2) is 36.7 Å². The van der Waals surface area contributed by atoms with Crippen LogP contribution in [0.4, 0.5) is 0 Å². The Kier molecular flexibility index (Phi) is 5.34. The molecule has 0 amide bonds. The zero-order chi connectivity index (χ0) is 17.8. The normalized spacial score (nSPS) is 18.1. The molecule has 3 heterocycles. The molecule has 4 rings (SSSR count). The van der Waals surface area contributed by atoms with E-state index < -0.39 is 0 Å². The lowest BCUT2D eigenvalue weighted by Crippen LogP contribution is -2.32. The number of rotatable bonds is 7. The van der Waals surface area contributed by atoms with Crippen molar-refractivity contribution in [2.75, 3.05) is 26.8 Å². The molecule has 1 aliphatic carbocycles. The topological polar surface area (TPSA) is 56.3 Å². The smallest absolute Gasteiger partial charge is 0.257 e. The molecule has 1 aliphatic heterocycles. The molecular formula is C21H26N3O2. The lowest BCUT2D eigenvalue weighted by Gasteiger charge is -2.30. The van der Waals surface area contributed by atoms with Crippen LogP contribution in [0, 0.1) is 17.8 Å². The lowest BCUT2D eigenvalue weighted by molar-refractivity contribution is 0.268. The summed E-state index contributed by atoms with van der Waals surface area (Å²) in [6.45, 7) is 2.80. The number of nitrogens with one attached hydrogen (secondary N) is 1. The molecule has 0 atom stereocenters. The Hall–Kier alpha value is -2.14. The van der Waals surface area contributed by atoms with Gasteiger partial charge in [0.25, 0.3) is 5.88 Å². The van der Waals surface area contributed by atoms with Crippen LogP contribution in [0.25, 0.3) is 0 Å². The van der Waals surface area contributed by atoms with Gasteiger partial charge in [0, 0.05) is 12.4 Å². The minimum atomic E-state index is 0.470. The first-order chi connectivity index (χ1) is 12.8. The molecule has 2 fully saturated rings. The van der Waals surface area contributed by atoms with Crippen LogP contribution in [0.3, 0.4) is 0 Å². The average molecular weight is 352 g/mol. The van der Waals surface area contributed by atoms with Gasteiger partial charge in [-0.05, 0) is 74.4 Å². The summed E-state index contributed by atoms with van der Waals surface area (Å²) in [5.41, 5.74) is 2.11. The summed E-state index contributed by atoms with van der Waals surface area (Å²) in [5.74, 6) is 3.71. The molecule has 1 saturated heterocycles. The van der Waals surface area contributed by atoms with Gasteiger partial charge in [0.05, 0.1) is 25.3 Å². The van der Waals surface area contributed by atoms with Gasteiger partial charge in [-0.25, -0.2) is 4.98 Å². The predicted octanol–water partition coefficient (Wildman–Crippen LogP) is 3.24. The molecule has 1 N–H and O–H groups in total. The zero-order valence-corrected chi connectivity index (χ0v) is 15.3. The van der Waals surface area contributed by atoms with E-state index in [4.69, 9.17) is 14.5 Å². The van der Waals surface area contributed by atoms with Gasteiger partial charge in [-0.3, -0.25) is 4.98 Å². The van der Waals surface area contributed by atoms with E-state index in [9.17, 15) is 0 Å². The lowest BCUT2D eigenvalue weighted by atomic mass is 9.79. The number of piperidine rings is 1. The van der Waals surface area contributed by atoms with Crippen LogP contribution in [-0.2, 0) is 0 Å². The molecule has 2 aromatic rings. The van der Waals surface area contributed by atoms with Crippen LogP contribution < -0.4 is 14.8 Å². The van der Waals surface area contributed by atoms with Crippen LogP contribution in [0.5, 0.6) is 11.6 Å². The largest absolute Gasteiger partial charge is 0.491 e. The molecule has 0 aromatic carbocycles. The minimum Gasteiger partial charge on any atom is -0.491 e.